The van der Waals surface area contributed by atoms with Crippen LogP contribution in [0, 0.1) is 0 Å². The van der Waals surface area contributed by atoms with Gasteiger partial charge in [-0.15, -0.1) is 16.9 Å². The summed E-state index contributed by atoms with van der Waals surface area (Å²) in [6, 6.07) is 15.4. The van der Waals surface area contributed by atoms with Gasteiger partial charge in [0.25, 0.3) is 0 Å². The van der Waals surface area contributed by atoms with Crippen molar-refractivity contribution >= 4 is 23.7 Å². The smallest absolute Gasteiger partial charge is 0.322 e. The molecule has 28 heavy (non-hydrogen) atoms. The third-order valence-electron chi connectivity index (χ3n) is 3.86. The molecule has 2 aromatic carbocycles. The van der Waals surface area contributed by atoms with E-state index in [-0.39, 0.29) is 17.8 Å². The molecule has 3 rings (SSSR count). The van der Waals surface area contributed by atoms with E-state index < -0.39 is 0 Å². The van der Waals surface area contributed by atoms with Crippen LogP contribution in [0.1, 0.15) is 12.8 Å². The fourth-order valence-electron chi connectivity index (χ4n) is 2.48. The van der Waals surface area contributed by atoms with E-state index in [2.05, 4.69) is 27.6 Å². The van der Waals surface area contributed by atoms with Crippen molar-refractivity contribution in [2.24, 2.45) is 0 Å². The fraction of sp³-hybridized carbons (Fsp3) is 0.250. The Kier molecular flexibility index (Phi) is 6.91. The van der Waals surface area contributed by atoms with Crippen LogP contribution in [-0.4, -0.2) is 36.1 Å². The summed E-state index contributed by atoms with van der Waals surface area (Å²) in [5.41, 5.74) is 0.671. The lowest BCUT2D eigenvalue weighted by atomic mass is 10.2. The third-order valence-corrected chi connectivity index (χ3v) is 4.96. The zero-order chi connectivity index (χ0) is 19.8. The van der Waals surface area contributed by atoms with Gasteiger partial charge in [0.05, 0.1) is 14.2 Å². The molecule has 0 saturated heterocycles. The number of amides is 1. The number of hydrogen-bond donors (Lipinski definition) is 1. The Hall–Kier alpha value is -3.00. The minimum Gasteiger partial charge on any atom is -0.493 e. The second kappa shape index (κ2) is 9.80. The maximum absolute atomic E-state index is 12.1. The largest absolute Gasteiger partial charge is 0.493 e. The molecule has 0 atom stereocenters. The summed E-state index contributed by atoms with van der Waals surface area (Å²) in [5.74, 6) is 2.15. The van der Waals surface area contributed by atoms with Crippen molar-refractivity contribution in [1.29, 1.82) is 0 Å². The molecule has 0 bridgehead atoms. The summed E-state index contributed by atoms with van der Waals surface area (Å²) in [7, 11) is 3.12. The van der Waals surface area contributed by atoms with Crippen molar-refractivity contribution < 1.29 is 18.7 Å². The van der Waals surface area contributed by atoms with Crippen molar-refractivity contribution in [3.63, 3.8) is 0 Å². The van der Waals surface area contributed by atoms with E-state index in [0.29, 0.717) is 23.5 Å². The summed E-state index contributed by atoms with van der Waals surface area (Å²) >= 11 is 1.72. The number of methoxy groups -OCH3 is 2. The van der Waals surface area contributed by atoms with E-state index in [1.165, 1.54) is 4.90 Å². The molecule has 146 valence electrons. The molecule has 1 N–H and O–H groups in total. The highest BCUT2D eigenvalue weighted by atomic mass is 32.2. The van der Waals surface area contributed by atoms with Gasteiger partial charge < -0.3 is 13.9 Å². The maximum atomic E-state index is 12.1. The van der Waals surface area contributed by atoms with Crippen LogP contribution in [0.4, 0.5) is 6.01 Å². The van der Waals surface area contributed by atoms with Crippen molar-refractivity contribution in [1.82, 2.24) is 10.2 Å². The first kappa shape index (κ1) is 19.8. The average Bonchev–Trinajstić information content (AvgIpc) is 3.19. The number of benzene rings is 2. The van der Waals surface area contributed by atoms with Gasteiger partial charge in [0.1, 0.15) is 0 Å². The number of hydrogen-bond acceptors (Lipinski definition) is 7. The Bertz CT molecular complexity index is 915. The monoisotopic (exact) mass is 399 g/mol. The third kappa shape index (κ3) is 5.26. The van der Waals surface area contributed by atoms with Gasteiger partial charge in [-0.1, -0.05) is 23.3 Å². The molecule has 0 saturated carbocycles. The number of anilines is 1. The molecule has 1 amide bonds. The predicted molar refractivity (Wildman–Crippen MR) is 108 cm³/mol. The topological polar surface area (TPSA) is 86.5 Å². The molecular weight excluding hydrogens is 378 g/mol. The molecular formula is C20H21N3O4S. The van der Waals surface area contributed by atoms with Crippen LogP contribution in [0.25, 0.3) is 11.5 Å². The number of nitrogens with one attached hydrogen (secondary N) is 1. The van der Waals surface area contributed by atoms with Crippen LogP contribution in [0.15, 0.2) is 57.8 Å². The van der Waals surface area contributed by atoms with Crippen LogP contribution in [0.3, 0.4) is 0 Å². The Morgan fingerprint density at radius 2 is 1.86 bits per heavy atom. The molecule has 1 aromatic heterocycles. The molecule has 0 fully saturated rings. The van der Waals surface area contributed by atoms with Crippen molar-refractivity contribution in [2.45, 2.75) is 17.7 Å². The lowest BCUT2D eigenvalue weighted by molar-refractivity contribution is -0.116. The summed E-state index contributed by atoms with van der Waals surface area (Å²) in [5, 5.41) is 10.5. The average molecular weight is 399 g/mol. The van der Waals surface area contributed by atoms with Gasteiger partial charge in [0.2, 0.25) is 11.8 Å². The second-order valence-corrected chi connectivity index (χ2v) is 6.96. The molecule has 7 nitrogen and oxygen atoms in total. The number of rotatable bonds is 9. The molecule has 3 aromatic rings. The minimum absolute atomic E-state index is 0.0745. The first-order valence-corrected chi connectivity index (χ1v) is 9.71. The number of aromatic nitrogens is 2. The van der Waals surface area contributed by atoms with Crippen LogP contribution < -0.4 is 14.8 Å². The summed E-state index contributed by atoms with van der Waals surface area (Å²) in [4.78, 5) is 13.3. The minimum atomic E-state index is -0.156. The Morgan fingerprint density at radius 3 is 2.61 bits per heavy atom. The number of thioether (sulfide) groups is 1. The summed E-state index contributed by atoms with van der Waals surface area (Å²) in [6.45, 7) is 0. The molecule has 0 radical (unpaired) electrons. The summed E-state index contributed by atoms with van der Waals surface area (Å²) in [6.07, 6.45) is 1.13. The SMILES string of the molecule is COc1ccc(-c2nnc(NC(=O)CCCSc3ccccc3)o2)cc1OC. The quantitative estimate of drug-likeness (QED) is 0.425. The van der Waals surface area contributed by atoms with E-state index in [1.807, 2.05) is 18.2 Å². The number of carbonyl (C=O) groups is 1. The van der Waals surface area contributed by atoms with Crippen molar-refractivity contribution in [3.8, 4) is 23.0 Å². The van der Waals surface area contributed by atoms with Crippen molar-refractivity contribution in [2.75, 3.05) is 25.3 Å². The lowest BCUT2D eigenvalue weighted by Gasteiger charge is -2.07. The molecule has 1 heterocycles. The van der Waals surface area contributed by atoms with E-state index in [9.17, 15) is 4.79 Å². The second-order valence-electron chi connectivity index (χ2n) is 5.80. The highest BCUT2D eigenvalue weighted by Crippen LogP contribution is 2.32. The van der Waals surface area contributed by atoms with Crippen LogP contribution >= 0.6 is 11.8 Å². The summed E-state index contributed by atoms with van der Waals surface area (Å²) < 4.78 is 16.0. The fourth-order valence-corrected chi connectivity index (χ4v) is 3.35. The van der Waals surface area contributed by atoms with Crippen LogP contribution in [-0.2, 0) is 4.79 Å². The Labute approximate surface area is 167 Å². The number of nitrogens with zero attached hydrogens (tertiary/aromatic N) is 2. The zero-order valence-corrected chi connectivity index (χ0v) is 16.5. The molecule has 8 heteroatoms. The maximum Gasteiger partial charge on any atom is 0.322 e. The van der Waals surface area contributed by atoms with E-state index in [4.69, 9.17) is 13.9 Å². The molecule has 0 aliphatic carbocycles. The van der Waals surface area contributed by atoms with Gasteiger partial charge in [-0.2, -0.15) is 0 Å². The molecule has 0 unspecified atom stereocenters. The van der Waals surface area contributed by atoms with Gasteiger partial charge in [0.15, 0.2) is 11.5 Å². The standard InChI is InChI=1S/C20H21N3O4S/c1-25-16-11-10-14(13-17(16)26-2)19-22-23-20(27-19)21-18(24)9-6-12-28-15-7-4-3-5-8-15/h3-5,7-8,10-11,13H,6,9,12H2,1-2H3,(H,21,23,24). The van der Waals surface area contributed by atoms with E-state index in [1.54, 1.807) is 44.2 Å². The Morgan fingerprint density at radius 1 is 1.07 bits per heavy atom. The normalized spacial score (nSPS) is 10.5. The van der Waals surface area contributed by atoms with Gasteiger partial charge in [-0.25, -0.2) is 0 Å². The van der Waals surface area contributed by atoms with Gasteiger partial charge in [-0.05, 0) is 42.5 Å². The number of carbonyl (C=O) groups excluding carboxylic acids is 1. The lowest BCUT2D eigenvalue weighted by Crippen LogP contribution is -2.11. The predicted octanol–water partition coefficient (Wildman–Crippen LogP) is 4.26. The molecule has 0 aliphatic rings. The molecule has 0 aliphatic heterocycles. The van der Waals surface area contributed by atoms with Crippen molar-refractivity contribution in [3.05, 3.63) is 48.5 Å². The first-order valence-electron chi connectivity index (χ1n) is 8.73. The zero-order valence-electron chi connectivity index (χ0n) is 15.7. The first-order chi connectivity index (χ1) is 13.7. The van der Waals surface area contributed by atoms with E-state index in [0.717, 1.165) is 12.2 Å². The van der Waals surface area contributed by atoms with E-state index >= 15 is 0 Å². The van der Waals surface area contributed by atoms with Gasteiger partial charge in [-0.3, -0.25) is 10.1 Å². The van der Waals surface area contributed by atoms with Gasteiger partial charge >= 0.3 is 6.01 Å². The van der Waals surface area contributed by atoms with Crippen LogP contribution in [0.5, 0.6) is 11.5 Å². The Balaban J connectivity index is 1.50. The van der Waals surface area contributed by atoms with Gasteiger partial charge in [0, 0.05) is 16.9 Å². The molecule has 0 spiro atoms. The highest BCUT2D eigenvalue weighted by molar-refractivity contribution is 7.99. The van der Waals surface area contributed by atoms with Crippen LogP contribution in [0.2, 0.25) is 0 Å². The highest BCUT2D eigenvalue weighted by Gasteiger charge is 2.13. The number of ether oxygens (including phenoxy) is 2.